The van der Waals surface area contributed by atoms with E-state index in [1.165, 1.54) is 0 Å². The molecule has 152 valence electrons. The number of anilines is 1. The van der Waals surface area contributed by atoms with Gasteiger partial charge >= 0.3 is 0 Å². The molecule has 0 spiro atoms. The second-order valence-corrected chi connectivity index (χ2v) is 6.72. The number of hydrogen-bond donors (Lipinski definition) is 1. The second kappa shape index (κ2) is 8.64. The first kappa shape index (κ1) is 19.4. The first-order valence-electron chi connectivity index (χ1n) is 9.64. The minimum absolute atomic E-state index is 0.189. The largest absolute Gasteiger partial charge is 0.332 e. The van der Waals surface area contributed by atoms with E-state index in [1.54, 1.807) is 24.5 Å². The zero-order chi connectivity index (χ0) is 20.9. The number of carbonyl (C=O) groups is 2. The molecule has 0 radical (unpaired) electrons. The van der Waals surface area contributed by atoms with Crippen LogP contribution in [-0.2, 0) is 16.0 Å². The van der Waals surface area contributed by atoms with Gasteiger partial charge in [0.05, 0.1) is 0 Å². The van der Waals surface area contributed by atoms with Gasteiger partial charge in [0.2, 0.25) is 17.6 Å². The quantitative estimate of drug-likeness (QED) is 0.676. The van der Waals surface area contributed by atoms with Crippen LogP contribution >= 0.6 is 0 Å². The molecule has 3 heterocycles. The third kappa shape index (κ3) is 4.24. The maximum Gasteiger partial charge on any atom is 0.274 e. The Morgan fingerprint density at radius 3 is 2.77 bits per heavy atom. The minimum atomic E-state index is -0.322. The molecular weight excluding hydrogens is 384 g/mol. The molecule has 0 saturated heterocycles. The van der Waals surface area contributed by atoms with Crippen LogP contribution in [0.3, 0.4) is 0 Å². The van der Waals surface area contributed by atoms with Crippen molar-refractivity contribution >= 4 is 23.2 Å². The lowest BCUT2D eigenvalue weighted by atomic mass is 10.1. The molecule has 3 aromatic rings. The highest BCUT2D eigenvalue weighted by Gasteiger charge is 2.26. The van der Waals surface area contributed by atoms with E-state index in [9.17, 15) is 9.59 Å². The molecule has 1 aromatic carbocycles. The molecule has 0 atom stereocenters. The molecule has 1 aliphatic rings. The van der Waals surface area contributed by atoms with Crippen LogP contribution in [0.1, 0.15) is 31.2 Å². The van der Waals surface area contributed by atoms with E-state index in [2.05, 4.69) is 25.5 Å². The molecule has 9 heteroatoms. The van der Waals surface area contributed by atoms with Gasteiger partial charge in [0.25, 0.3) is 5.89 Å². The van der Waals surface area contributed by atoms with Gasteiger partial charge in [-0.1, -0.05) is 30.3 Å². The van der Waals surface area contributed by atoms with Crippen LogP contribution in [0.4, 0.5) is 5.69 Å². The third-order valence-electron chi connectivity index (χ3n) is 4.68. The predicted molar refractivity (Wildman–Crippen MR) is 109 cm³/mol. The van der Waals surface area contributed by atoms with Crippen LogP contribution in [0.5, 0.6) is 0 Å². The summed E-state index contributed by atoms with van der Waals surface area (Å²) in [5.74, 6) is 0.0901. The highest BCUT2D eigenvalue weighted by Crippen LogP contribution is 2.19. The van der Waals surface area contributed by atoms with Crippen molar-refractivity contribution in [2.45, 2.75) is 26.2 Å². The fraction of sp³-hybridized carbons (Fsp3) is 0.238. The van der Waals surface area contributed by atoms with E-state index >= 15 is 0 Å². The lowest BCUT2D eigenvalue weighted by Gasteiger charge is -2.22. The number of rotatable bonds is 6. The van der Waals surface area contributed by atoms with E-state index in [-0.39, 0.29) is 30.7 Å². The van der Waals surface area contributed by atoms with Gasteiger partial charge in [-0.15, -0.1) is 0 Å². The van der Waals surface area contributed by atoms with Gasteiger partial charge in [-0.3, -0.25) is 14.6 Å². The maximum atomic E-state index is 12.5. The zero-order valence-corrected chi connectivity index (χ0v) is 16.4. The van der Waals surface area contributed by atoms with Crippen molar-refractivity contribution in [1.82, 2.24) is 20.1 Å². The van der Waals surface area contributed by atoms with Gasteiger partial charge in [0.15, 0.2) is 0 Å². The number of carbonyl (C=O) groups excluding carboxylic acids is 2. The smallest absolute Gasteiger partial charge is 0.274 e. The summed E-state index contributed by atoms with van der Waals surface area (Å²) >= 11 is 0. The molecule has 9 nitrogen and oxygen atoms in total. The number of aromatic nitrogens is 3. The molecule has 0 unspecified atom stereocenters. The molecule has 2 aromatic heterocycles. The Balaban J connectivity index is 1.49. The molecule has 1 N–H and O–H groups in total. The Kier molecular flexibility index (Phi) is 5.60. The summed E-state index contributed by atoms with van der Waals surface area (Å²) in [6.07, 6.45) is 4.65. The number of para-hydroxylation sites is 1. The van der Waals surface area contributed by atoms with Gasteiger partial charge in [-0.25, -0.2) is 5.01 Å². The normalized spacial score (nSPS) is 13.8. The molecule has 2 amide bonds. The number of nitrogens with one attached hydrogen (secondary N) is 1. The van der Waals surface area contributed by atoms with Crippen molar-refractivity contribution < 1.29 is 14.1 Å². The lowest BCUT2D eigenvalue weighted by molar-refractivity contribution is -0.135. The fourth-order valence-electron chi connectivity index (χ4n) is 3.11. The molecular formula is C21H20N6O3. The minimum Gasteiger partial charge on any atom is -0.332 e. The summed E-state index contributed by atoms with van der Waals surface area (Å²) in [6.45, 7) is 1.83. The molecule has 0 bridgehead atoms. The standard InChI is InChI=1S/C21H20N6O3/c1-2-14-5-3-4-6-16(14)23-18(28)13-27-19(29)8-7-17(25-27)21-24-20(26-30-21)15-9-11-22-12-10-15/h3-6,9-12H,2,7-8,13H2,1H3,(H,23,28). The number of aryl methyl sites for hydroxylation is 1. The second-order valence-electron chi connectivity index (χ2n) is 6.72. The summed E-state index contributed by atoms with van der Waals surface area (Å²) in [7, 11) is 0. The molecule has 0 fully saturated rings. The van der Waals surface area contributed by atoms with Gasteiger partial charge in [0.1, 0.15) is 12.3 Å². The van der Waals surface area contributed by atoms with E-state index in [1.807, 2.05) is 31.2 Å². The fourth-order valence-corrected chi connectivity index (χ4v) is 3.11. The maximum absolute atomic E-state index is 12.5. The first-order chi connectivity index (χ1) is 14.6. The first-order valence-corrected chi connectivity index (χ1v) is 9.64. The van der Waals surface area contributed by atoms with Crippen molar-refractivity contribution in [1.29, 1.82) is 0 Å². The Labute approximate surface area is 172 Å². The summed E-state index contributed by atoms with van der Waals surface area (Å²) in [4.78, 5) is 33.1. The Bertz CT molecular complexity index is 1090. The Hall–Kier alpha value is -3.88. The van der Waals surface area contributed by atoms with E-state index < -0.39 is 0 Å². The summed E-state index contributed by atoms with van der Waals surface area (Å²) in [6, 6.07) is 11.1. The molecule has 4 rings (SSSR count). The average Bonchev–Trinajstić information content (AvgIpc) is 3.26. The number of pyridine rings is 1. The van der Waals surface area contributed by atoms with E-state index in [0.29, 0.717) is 18.0 Å². The zero-order valence-electron chi connectivity index (χ0n) is 16.4. The van der Waals surface area contributed by atoms with Crippen LogP contribution in [0.2, 0.25) is 0 Å². The summed E-state index contributed by atoms with van der Waals surface area (Å²) in [5, 5.41) is 12.3. The van der Waals surface area contributed by atoms with Crippen LogP contribution in [0.25, 0.3) is 11.4 Å². The number of benzene rings is 1. The number of hydrazone groups is 1. The SMILES string of the molecule is CCc1ccccc1NC(=O)CN1N=C(c2nc(-c3ccncc3)no2)CCC1=O. The topological polar surface area (TPSA) is 114 Å². The van der Waals surface area contributed by atoms with E-state index in [0.717, 1.165) is 28.2 Å². The highest BCUT2D eigenvalue weighted by molar-refractivity contribution is 6.02. The summed E-state index contributed by atoms with van der Waals surface area (Å²) < 4.78 is 5.32. The highest BCUT2D eigenvalue weighted by atomic mass is 16.5. The van der Waals surface area contributed by atoms with Crippen molar-refractivity contribution in [2.75, 3.05) is 11.9 Å². The molecule has 0 saturated carbocycles. The van der Waals surface area contributed by atoms with Crippen molar-refractivity contribution in [2.24, 2.45) is 5.10 Å². The Morgan fingerprint density at radius 1 is 1.17 bits per heavy atom. The molecule has 0 aliphatic carbocycles. The van der Waals surface area contributed by atoms with Gasteiger partial charge in [-0.2, -0.15) is 10.1 Å². The predicted octanol–water partition coefficient (Wildman–Crippen LogP) is 2.66. The number of nitrogens with zero attached hydrogens (tertiary/aromatic N) is 5. The van der Waals surface area contributed by atoms with Crippen LogP contribution in [0.15, 0.2) is 58.4 Å². The molecule has 1 aliphatic heterocycles. The summed E-state index contributed by atoms with van der Waals surface area (Å²) in [5.41, 5.74) is 2.99. The van der Waals surface area contributed by atoms with Gasteiger partial charge in [0, 0.05) is 36.5 Å². The average molecular weight is 404 g/mol. The third-order valence-corrected chi connectivity index (χ3v) is 4.68. The van der Waals surface area contributed by atoms with Crippen molar-refractivity contribution in [3.63, 3.8) is 0 Å². The number of hydrogen-bond acceptors (Lipinski definition) is 7. The van der Waals surface area contributed by atoms with Crippen LogP contribution in [-0.4, -0.2) is 44.2 Å². The number of amides is 2. The van der Waals surface area contributed by atoms with Crippen molar-refractivity contribution in [3.05, 3.63) is 60.2 Å². The monoisotopic (exact) mass is 404 g/mol. The Morgan fingerprint density at radius 2 is 1.97 bits per heavy atom. The lowest BCUT2D eigenvalue weighted by Crippen LogP contribution is -2.38. The van der Waals surface area contributed by atoms with E-state index in [4.69, 9.17) is 4.52 Å². The van der Waals surface area contributed by atoms with Crippen LogP contribution in [0, 0.1) is 0 Å². The van der Waals surface area contributed by atoms with Crippen molar-refractivity contribution in [3.8, 4) is 11.4 Å². The van der Waals surface area contributed by atoms with Crippen LogP contribution < -0.4 is 5.32 Å². The van der Waals surface area contributed by atoms with Gasteiger partial charge < -0.3 is 9.84 Å². The van der Waals surface area contributed by atoms with Gasteiger partial charge in [-0.05, 0) is 30.2 Å². The molecule has 30 heavy (non-hydrogen) atoms.